The summed E-state index contributed by atoms with van der Waals surface area (Å²) in [5.74, 6) is -1.35. The van der Waals surface area contributed by atoms with Crippen LogP contribution < -0.4 is 5.32 Å². The Morgan fingerprint density at radius 3 is 2.79 bits per heavy atom. The first-order valence-corrected chi connectivity index (χ1v) is 9.84. The van der Waals surface area contributed by atoms with Gasteiger partial charge < -0.3 is 10.4 Å². The van der Waals surface area contributed by atoms with Crippen molar-refractivity contribution in [2.45, 2.75) is 58.3 Å². The number of carbonyl (C=O) groups is 2. The molecule has 0 saturated carbocycles. The Hall–Kier alpha value is -2.70. The summed E-state index contributed by atoms with van der Waals surface area (Å²) in [6, 6.07) is 4.89. The molecule has 1 aliphatic rings. The number of halogens is 1. The second-order valence-corrected chi connectivity index (χ2v) is 7.31. The van der Waals surface area contributed by atoms with Gasteiger partial charge in [0.25, 0.3) is 5.91 Å². The first kappa shape index (κ1) is 20.0. The number of aliphatic carboxylic acids is 1. The molecular weight excluding hydrogens is 361 g/mol. The SMILES string of the molecule is Cc1ccc(F)c(-n2nc(C(=O)NCCCCCCC(=O)O)c3c2CCC3)c1. The summed E-state index contributed by atoms with van der Waals surface area (Å²) >= 11 is 0. The predicted octanol–water partition coefficient (Wildman–Crippen LogP) is 3.57. The summed E-state index contributed by atoms with van der Waals surface area (Å²) in [6.07, 6.45) is 5.83. The number of nitrogens with one attached hydrogen (secondary N) is 1. The maximum atomic E-state index is 14.3. The number of benzene rings is 1. The fourth-order valence-electron chi connectivity index (χ4n) is 3.64. The van der Waals surface area contributed by atoms with E-state index in [0.717, 1.165) is 55.3 Å². The number of hydrogen-bond donors (Lipinski definition) is 2. The van der Waals surface area contributed by atoms with Gasteiger partial charge in [-0.25, -0.2) is 9.07 Å². The lowest BCUT2D eigenvalue weighted by Crippen LogP contribution is -2.26. The molecular formula is C21H26FN3O3. The van der Waals surface area contributed by atoms with E-state index in [-0.39, 0.29) is 18.1 Å². The molecule has 28 heavy (non-hydrogen) atoms. The van der Waals surface area contributed by atoms with Crippen LogP contribution in [0, 0.1) is 12.7 Å². The van der Waals surface area contributed by atoms with Gasteiger partial charge in [-0.1, -0.05) is 18.9 Å². The van der Waals surface area contributed by atoms with Gasteiger partial charge in [0, 0.05) is 24.2 Å². The largest absolute Gasteiger partial charge is 0.481 e. The van der Waals surface area contributed by atoms with Crippen molar-refractivity contribution in [3.63, 3.8) is 0 Å². The lowest BCUT2D eigenvalue weighted by molar-refractivity contribution is -0.137. The number of rotatable bonds is 9. The van der Waals surface area contributed by atoms with E-state index in [4.69, 9.17) is 5.11 Å². The molecule has 0 fully saturated rings. The predicted molar refractivity (Wildman–Crippen MR) is 103 cm³/mol. The van der Waals surface area contributed by atoms with Crippen molar-refractivity contribution in [3.8, 4) is 5.69 Å². The average molecular weight is 387 g/mol. The van der Waals surface area contributed by atoms with Crippen molar-refractivity contribution in [1.29, 1.82) is 0 Å². The van der Waals surface area contributed by atoms with Crippen LogP contribution in [0.25, 0.3) is 5.69 Å². The molecule has 0 spiro atoms. The monoisotopic (exact) mass is 387 g/mol. The summed E-state index contributed by atoms with van der Waals surface area (Å²) in [4.78, 5) is 23.1. The summed E-state index contributed by atoms with van der Waals surface area (Å²) in [5, 5.41) is 16.0. The third-order valence-electron chi connectivity index (χ3n) is 5.08. The van der Waals surface area contributed by atoms with Gasteiger partial charge in [0.1, 0.15) is 11.5 Å². The molecule has 1 aromatic heterocycles. The summed E-state index contributed by atoms with van der Waals surface area (Å²) in [7, 11) is 0. The van der Waals surface area contributed by atoms with E-state index in [1.54, 1.807) is 16.8 Å². The van der Waals surface area contributed by atoms with Gasteiger partial charge in [-0.3, -0.25) is 9.59 Å². The van der Waals surface area contributed by atoms with Gasteiger partial charge >= 0.3 is 5.97 Å². The van der Waals surface area contributed by atoms with Crippen molar-refractivity contribution in [1.82, 2.24) is 15.1 Å². The summed E-state index contributed by atoms with van der Waals surface area (Å²) < 4.78 is 15.9. The molecule has 3 rings (SSSR count). The van der Waals surface area contributed by atoms with E-state index in [1.165, 1.54) is 6.07 Å². The lowest BCUT2D eigenvalue weighted by atomic mass is 10.1. The first-order valence-electron chi connectivity index (χ1n) is 9.84. The Morgan fingerprint density at radius 1 is 1.21 bits per heavy atom. The first-order chi connectivity index (χ1) is 13.5. The highest BCUT2D eigenvalue weighted by Gasteiger charge is 2.27. The Morgan fingerprint density at radius 2 is 2.00 bits per heavy atom. The van der Waals surface area contributed by atoms with E-state index in [2.05, 4.69) is 10.4 Å². The lowest BCUT2D eigenvalue weighted by Gasteiger charge is -2.08. The third-order valence-corrected chi connectivity index (χ3v) is 5.08. The van der Waals surface area contributed by atoms with Crippen LogP contribution in [0.5, 0.6) is 0 Å². The van der Waals surface area contributed by atoms with Crippen LogP contribution >= 0.6 is 0 Å². The average Bonchev–Trinajstić information content (AvgIpc) is 3.25. The fraction of sp³-hybridized carbons (Fsp3) is 0.476. The zero-order valence-corrected chi connectivity index (χ0v) is 16.1. The second kappa shape index (κ2) is 8.99. The highest BCUT2D eigenvalue weighted by Crippen LogP contribution is 2.29. The number of fused-ring (bicyclic) bond motifs is 1. The molecule has 0 atom stereocenters. The topological polar surface area (TPSA) is 84.2 Å². The van der Waals surface area contributed by atoms with E-state index in [0.29, 0.717) is 24.3 Å². The second-order valence-electron chi connectivity index (χ2n) is 7.31. The minimum atomic E-state index is -0.775. The van der Waals surface area contributed by atoms with Gasteiger partial charge in [0.15, 0.2) is 5.69 Å². The Kier molecular flexibility index (Phi) is 6.44. The highest BCUT2D eigenvalue weighted by molar-refractivity contribution is 5.94. The van der Waals surface area contributed by atoms with Gasteiger partial charge in [-0.2, -0.15) is 5.10 Å². The standard InChI is InChI=1S/C21H26FN3O3/c1-14-10-11-16(22)18(13-14)25-17-8-6-7-15(17)20(24-25)21(28)23-12-5-3-2-4-9-19(26)27/h10-11,13H,2-9,12H2,1H3,(H,23,28)(H,26,27). The molecule has 1 aromatic carbocycles. The van der Waals surface area contributed by atoms with Crippen molar-refractivity contribution >= 4 is 11.9 Å². The van der Waals surface area contributed by atoms with Crippen molar-refractivity contribution in [2.75, 3.05) is 6.54 Å². The van der Waals surface area contributed by atoms with E-state index in [9.17, 15) is 14.0 Å². The van der Waals surface area contributed by atoms with Crippen LogP contribution in [0.2, 0.25) is 0 Å². The van der Waals surface area contributed by atoms with Crippen LogP contribution in [0.4, 0.5) is 4.39 Å². The molecule has 0 radical (unpaired) electrons. The van der Waals surface area contributed by atoms with Crippen LogP contribution in [0.15, 0.2) is 18.2 Å². The van der Waals surface area contributed by atoms with Crippen molar-refractivity contribution in [2.24, 2.45) is 0 Å². The molecule has 2 N–H and O–H groups in total. The number of carboxylic acid groups (broad SMARTS) is 1. The number of nitrogens with zero attached hydrogens (tertiary/aromatic N) is 2. The van der Waals surface area contributed by atoms with Gasteiger partial charge in [-0.05, 0) is 56.7 Å². The molecule has 7 heteroatoms. The van der Waals surface area contributed by atoms with Crippen molar-refractivity contribution in [3.05, 3.63) is 46.5 Å². The number of amides is 1. The molecule has 1 heterocycles. The zero-order valence-electron chi connectivity index (χ0n) is 16.1. The number of aromatic nitrogens is 2. The molecule has 150 valence electrons. The molecule has 1 amide bonds. The third kappa shape index (κ3) is 4.58. The zero-order chi connectivity index (χ0) is 20.1. The molecule has 0 unspecified atom stereocenters. The molecule has 0 saturated heterocycles. The maximum Gasteiger partial charge on any atom is 0.303 e. The van der Waals surface area contributed by atoms with Crippen LogP contribution in [-0.4, -0.2) is 33.3 Å². The molecule has 0 bridgehead atoms. The minimum Gasteiger partial charge on any atom is -0.481 e. The minimum absolute atomic E-state index is 0.186. The normalized spacial score (nSPS) is 12.8. The van der Waals surface area contributed by atoms with Gasteiger partial charge in [0.2, 0.25) is 0 Å². The highest BCUT2D eigenvalue weighted by atomic mass is 19.1. The number of hydrogen-bond acceptors (Lipinski definition) is 3. The maximum absolute atomic E-state index is 14.3. The molecule has 1 aliphatic carbocycles. The quantitative estimate of drug-likeness (QED) is 0.644. The van der Waals surface area contributed by atoms with Crippen LogP contribution in [0.1, 0.15) is 65.8 Å². The van der Waals surface area contributed by atoms with Gasteiger partial charge in [-0.15, -0.1) is 0 Å². The van der Waals surface area contributed by atoms with Crippen molar-refractivity contribution < 1.29 is 19.1 Å². The number of unbranched alkanes of at least 4 members (excludes halogenated alkanes) is 3. The Labute approximate surface area is 163 Å². The molecule has 2 aromatic rings. The number of carboxylic acids is 1. The smallest absolute Gasteiger partial charge is 0.303 e. The van der Waals surface area contributed by atoms with Gasteiger partial charge in [0.05, 0.1) is 0 Å². The number of aryl methyl sites for hydroxylation is 1. The molecule has 0 aliphatic heterocycles. The van der Waals surface area contributed by atoms with E-state index in [1.807, 2.05) is 6.92 Å². The summed E-state index contributed by atoms with van der Waals surface area (Å²) in [6.45, 7) is 2.42. The van der Waals surface area contributed by atoms with Crippen LogP contribution in [0.3, 0.4) is 0 Å². The number of carbonyl (C=O) groups excluding carboxylic acids is 1. The Balaban J connectivity index is 1.64. The Bertz CT molecular complexity index is 876. The van der Waals surface area contributed by atoms with E-state index >= 15 is 0 Å². The van der Waals surface area contributed by atoms with Crippen LogP contribution in [-0.2, 0) is 17.6 Å². The molecule has 6 nitrogen and oxygen atoms in total. The van der Waals surface area contributed by atoms with E-state index < -0.39 is 5.97 Å². The summed E-state index contributed by atoms with van der Waals surface area (Å²) in [5.41, 5.74) is 3.55. The fourth-order valence-corrected chi connectivity index (χ4v) is 3.64.